The van der Waals surface area contributed by atoms with Crippen molar-refractivity contribution in [3.63, 3.8) is 0 Å². The van der Waals surface area contributed by atoms with E-state index in [1.54, 1.807) is 43.3 Å². The fraction of sp³-hybridized carbons (Fsp3) is 0.634. The Balaban J connectivity index is 1.10. The second-order valence-electron chi connectivity index (χ2n) is 14.2. The molecule has 0 spiro atoms. The lowest BCUT2D eigenvalue weighted by Gasteiger charge is -2.32. The van der Waals surface area contributed by atoms with E-state index >= 15 is 0 Å². The van der Waals surface area contributed by atoms with Crippen LogP contribution in [0.1, 0.15) is 36.4 Å². The maximum Gasteiger partial charge on any atom is 0.408 e. The number of rotatable bonds is 30. The van der Waals surface area contributed by atoms with Gasteiger partial charge in [0.15, 0.2) is 0 Å². The van der Waals surface area contributed by atoms with Crippen LogP contribution in [0.25, 0.3) is 0 Å². The van der Waals surface area contributed by atoms with Gasteiger partial charge in [-0.2, -0.15) is 0 Å². The molecule has 0 radical (unpaired) electrons. The van der Waals surface area contributed by atoms with E-state index in [9.17, 15) is 19.5 Å². The third-order valence-corrected chi connectivity index (χ3v) is 10.4. The van der Waals surface area contributed by atoms with E-state index in [1.807, 2.05) is 18.2 Å². The third-order valence-electron chi connectivity index (χ3n) is 9.69. The van der Waals surface area contributed by atoms with E-state index in [0.29, 0.717) is 134 Å². The van der Waals surface area contributed by atoms with Crippen LogP contribution in [0.5, 0.6) is 0 Å². The Labute approximate surface area is 356 Å². The van der Waals surface area contributed by atoms with E-state index in [4.69, 9.17) is 61.1 Å². The Hall–Kier alpha value is -3.13. The van der Waals surface area contributed by atoms with Gasteiger partial charge in [0.05, 0.1) is 115 Å². The average molecular weight is 872 g/mol. The second-order valence-corrected chi connectivity index (χ2v) is 15.1. The van der Waals surface area contributed by atoms with Gasteiger partial charge in [-0.05, 0) is 54.7 Å². The van der Waals surface area contributed by atoms with Crippen molar-refractivity contribution in [2.75, 3.05) is 132 Å². The molecular formula is C41H60Cl2N4O12. The van der Waals surface area contributed by atoms with Crippen LogP contribution in [0.4, 0.5) is 10.5 Å². The fourth-order valence-electron chi connectivity index (χ4n) is 6.17. The minimum absolute atomic E-state index is 0.00856. The molecule has 59 heavy (non-hydrogen) atoms. The number of hydrogen-bond donors (Lipinski definition) is 3. The molecule has 2 unspecified atom stereocenters. The normalized spacial score (nSPS) is 16.5. The number of aliphatic hydroxyl groups is 1. The molecule has 2 aliphatic rings. The van der Waals surface area contributed by atoms with Crippen molar-refractivity contribution in [2.24, 2.45) is 0 Å². The quantitative estimate of drug-likeness (QED) is 0.0970. The molecule has 1 saturated heterocycles. The minimum atomic E-state index is -1.08. The highest BCUT2D eigenvalue weighted by Crippen LogP contribution is 2.37. The van der Waals surface area contributed by atoms with Crippen molar-refractivity contribution >= 4 is 46.8 Å². The number of benzene rings is 2. The van der Waals surface area contributed by atoms with Crippen LogP contribution in [-0.4, -0.2) is 171 Å². The predicted molar refractivity (Wildman–Crippen MR) is 221 cm³/mol. The third kappa shape index (κ3) is 18.2. The molecule has 1 heterocycles. The number of β-amino-alcohol motifs (C(OH)–C–C–N with tert-alkyl or cyclic N) is 1. The number of nitrogens with zero attached hydrogens (tertiary/aromatic N) is 2. The molecular weight excluding hydrogens is 811 g/mol. The van der Waals surface area contributed by atoms with Crippen LogP contribution in [0.2, 0.25) is 10.0 Å². The number of halogens is 2. The lowest BCUT2D eigenvalue weighted by molar-refractivity contribution is -0.131. The summed E-state index contributed by atoms with van der Waals surface area (Å²) in [6, 6.07) is 12.1. The topological polar surface area (TPSA) is 176 Å². The molecule has 2 aromatic rings. The number of likely N-dealkylation sites (tertiary alicyclic amines) is 1. The second kappa shape index (κ2) is 26.9. The summed E-state index contributed by atoms with van der Waals surface area (Å²) < 4.78 is 42.8. The molecule has 3 amide bonds. The number of hydrogen-bond acceptors (Lipinski definition) is 13. The summed E-state index contributed by atoms with van der Waals surface area (Å²) in [6.07, 6.45) is 0.571. The lowest BCUT2D eigenvalue weighted by Crippen LogP contribution is -2.46. The van der Waals surface area contributed by atoms with Crippen molar-refractivity contribution in [1.82, 2.24) is 15.1 Å². The highest BCUT2D eigenvalue weighted by atomic mass is 35.5. The molecule has 2 fully saturated rings. The highest BCUT2D eigenvalue weighted by molar-refractivity contribution is 6.42. The lowest BCUT2D eigenvalue weighted by atomic mass is 10.0. The van der Waals surface area contributed by atoms with Gasteiger partial charge in [0.1, 0.15) is 12.1 Å². The largest absolute Gasteiger partial charge is 0.447 e. The summed E-state index contributed by atoms with van der Waals surface area (Å²) in [5.41, 5.74) is 0.983. The summed E-state index contributed by atoms with van der Waals surface area (Å²) in [5, 5.41) is 16.6. The van der Waals surface area contributed by atoms with Crippen molar-refractivity contribution in [1.29, 1.82) is 0 Å². The van der Waals surface area contributed by atoms with Gasteiger partial charge in [-0.1, -0.05) is 41.4 Å². The van der Waals surface area contributed by atoms with E-state index in [0.717, 1.165) is 11.1 Å². The standard InChI is InChI=1S/C41H60Cl2N4O12/c1-46(38(49)27-31-6-7-35(42)36(43)26-31)37(30-47-11-8-34(48)29-47)32-4-3-5-33(28-32)44-39(50)41(9-10-41)45-40(51)59-25-24-58-23-22-57-21-20-56-19-18-55-17-16-54-15-14-53-13-12-52-2/h3-7,26,28,34,37,48H,8-25,27,29-30H2,1-2H3,(H,44,50)(H,45,51). The zero-order valence-corrected chi connectivity index (χ0v) is 35.6. The molecule has 16 nitrogen and oxygen atoms in total. The number of aliphatic hydroxyl groups excluding tert-OH is 1. The summed E-state index contributed by atoms with van der Waals surface area (Å²) in [6.45, 7) is 7.43. The van der Waals surface area contributed by atoms with Crippen LogP contribution in [-0.2, 0) is 53.9 Å². The minimum Gasteiger partial charge on any atom is -0.447 e. The number of methoxy groups -OCH3 is 1. The van der Waals surface area contributed by atoms with Gasteiger partial charge in [-0.15, -0.1) is 0 Å². The maximum atomic E-state index is 13.6. The first-order valence-corrected chi connectivity index (χ1v) is 20.8. The highest BCUT2D eigenvalue weighted by Gasteiger charge is 2.51. The molecule has 0 aromatic heterocycles. The van der Waals surface area contributed by atoms with Crippen LogP contribution >= 0.6 is 23.2 Å². The molecule has 1 saturated carbocycles. The first-order chi connectivity index (χ1) is 28.6. The van der Waals surface area contributed by atoms with Crippen molar-refractivity contribution < 1.29 is 57.4 Å². The molecule has 330 valence electrons. The molecule has 3 N–H and O–H groups in total. The van der Waals surface area contributed by atoms with Gasteiger partial charge in [0.2, 0.25) is 11.8 Å². The number of likely N-dealkylation sites (N-methyl/N-ethyl adjacent to an activating group) is 1. The number of ether oxygens (including phenoxy) is 8. The molecule has 2 atom stereocenters. The summed E-state index contributed by atoms with van der Waals surface area (Å²) in [7, 11) is 3.38. The molecule has 1 aliphatic carbocycles. The van der Waals surface area contributed by atoms with Crippen LogP contribution < -0.4 is 10.6 Å². The summed E-state index contributed by atoms with van der Waals surface area (Å²) in [5.74, 6) is -0.490. The first-order valence-electron chi connectivity index (χ1n) is 20.0. The smallest absolute Gasteiger partial charge is 0.408 e. The Bertz CT molecular complexity index is 1570. The zero-order valence-electron chi connectivity index (χ0n) is 34.1. The Morgan fingerprint density at radius 1 is 0.814 bits per heavy atom. The van der Waals surface area contributed by atoms with Gasteiger partial charge >= 0.3 is 6.09 Å². The monoisotopic (exact) mass is 870 g/mol. The molecule has 0 bridgehead atoms. The van der Waals surface area contributed by atoms with E-state index in [1.165, 1.54) is 0 Å². The molecule has 18 heteroatoms. The van der Waals surface area contributed by atoms with Crippen molar-refractivity contribution in [2.45, 2.75) is 43.4 Å². The van der Waals surface area contributed by atoms with E-state index < -0.39 is 17.7 Å². The fourth-order valence-corrected chi connectivity index (χ4v) is 6.49. The first kappa shape index (κ1) is 48.5. The van der Waals surface area contributed by atoms with Gasteiger partial charge in [-0.25, -0.2) is 4.79 Å². The van der Waals surface area contributed by atoms with Gasteiger partial charge in [0, 0.05) is 39.5 Å². The number of anilines is 1. The van der Waals surface area contributed by atoms with E-state index in [-0.39, 0.29) is 37.5 Å². The SMILES string of the molecule is COCCOCCOCCOCCOCCOCCOCCOC(=O)NC1(C(=O)Nc2cccc(C(CN3CCC(O)C3)N(C)C(=O)Cc3ccc(Cl)c(Cl)c3)c2)CC1. The Kier molecular flexibility index (Phi) is 22.2. The Morgan fingerprint density at radius 2 is 1.39 bits per heavy atom. The predicted octanol–water partition coefficient (Wildman–Crippen LogP) is 3.75. The van der Waals surface area contributed by atoms with Gasteiger partial charge in [0.25, 0.3) is 0 Å². The zero-order chi connectivity index (χ0) is 42.3. The number of amides is 3. The van der Waals surface area contributed by atoms with Crippen LogP contribution in [0.15, 0.2) is 42.5 Å². The maximum absolute atomic E-state index is 13.6. The number of nitrogens with one attached hydrogen (secondary N) is 2. The van der Waals surface area contributed by atoms with Gasteiger partial charge in [-0.3, -0.25) is 14.5 Å². The number of alkyl carbamates (subject to hydrolysis) is 1. The Morgan fingerprint density at radius 3 is 1.92 bits per heavy atom. The molecule has 1 aliphatic heterocycles. The van der Waals surface area contributed by atoms with Crippen LogP contribution in [0, 0.1) is 0 Å². The van der Waals surface area contributed by atoms with Crippen molar-refractivity contribution in [3.05, 3.63) is 63.6 Å². The number of carbonyl (C=O) groups excluding carboxylic acids is 3. The number of carbonyl (C=O) groups is 3. The average Bonchev–Trinajstić information content (AvgIpc) is 3.89. The van der Waals surface area contributed by atoms with Gasteiger partial charge < -0.3 is 58.5 Å². The van der Waals surface area contributed by atoms with E-state index in [2.05, 4.69) is 15.5 Å². The van der Waals surface area contributed by atoms with Crippen LogP contribution in [0.3, 0.4) is 0 Å². The summed E-state index contributed by atoms with van der Waals surface area (Å²) in [4.78, 5) is 43.4. The molecule has 2 aromatic carbocycles. The van der Waals surface area contributed by atoms with Crippen molar-refractivity contribution in [3.8, 4) is 0 Å². The summed E-state index contributed by atoms with van der Waals surface area (Å²) >= 11 is 12.3. The molecule has 4 rings (SSSR count).